The van der Waals surface area contributed by atoms with Crippen LogP contribution in [-0.4, -0.2) is 36.3 Å². The highest BCUT2D eigenvalue weighted by atomic mass is 32.2. The zero-order valence-corrected chi connectivity index (χ0v) is 13.3. The Kier molecular flexibility index (Phi) is 4.43. The van der Waals surface area contributed by atoms with Crippen LogP contribution in [0.25, 0.3) is 0 Å². The van der Waals surface area contributed by atoms with Gasteiger partial charge >= 0.3 is 0 Å². The molecule has 1 heterocycles. The summed E-state index contributed by atoms with van der Waals surface area (Å²) in [6.45, 7) is 5.27. The highest BCUT2D eigenvalue weighted by Gasteiger charge is 2.31. The summed E-state index contributed by atoms with van der Waals surface area (Å²) in [5, 5.41) is 9.08. The van der Waals surface area contributed by atoms with Crippen molar-refractivity contribution in [3.05, 3.63) is 29.8 Å². The molecule has 0 bridgehead atoms. The van der Waals surface area contributed by atoms with Gasteiger partial charge < -0.3 is 0 Å². The molecule has 20 heavy (non-hydrogen) atoms. The van der Waals surface area contributed by atoms with Crippen molar-refractivity contribution in [3.8, 4) is 6.07 Å². The van der Waals surface area contributed by atoms with Crippen molar-refractivity contribution in [2.24, 2.45) is 0 Å². The van der Waals surface area contributed by atoms with Gasteiger partial charge in [0, 0.05) is 23.6 Å². The number of hydrogen-bond donors (Lipinski definition) is 0. The van der Waals surface area contributed by atoms with E-state index in [-0.39, 0.29) is 15.2 Å². The van der Waals surface area contributed by atoms with Crippen molar-refractivity contribution in [2.75, 3.05) is 18.8 Å². The van der Waals surface area contributed by atoms with Gasteiger partial charge in [0.25, 0.3) is 0 Å². The molecule has 2 rings (SSSR count). The lowest BCUT2D eigenvalue weighted by molar-refractivity contribution is 0.415. The topological polar surface area (TPSA) is 61.2 Å². The van der Waals surface area contributed by atoms with Gasteiger partial charge in [-0.05, 0) is 18.6 Å². The normalized spacial score (nSPS) is 20.1. The van der Waals surface area contributed by atoms with Crippen LogP contribution in [0, 0.1) is 11.3 Å². The van der Waals surface area contributed by atoms with Crippen LogP contribution in [0.1, 0.15) is 25.8 Å². The van der Waals surface area contributed by atoms with Gasteiger partial charge in [0.2, 0.25) is 10.0 Å². The average Bonchev–Trinajstić information content (AvgIpc) is 2.60. The minimum Gasteiger partial charge on any atom is -0.207 e. The molecule has 0 aromatic heterocycles. The van der Waals surface area contributed by atoms with Crippen molar-refractivity contribution in [2.45, 2.75) is 29.9 Å². The predicted octanol–water partition coefficient (Wildman–Crippen LogP) is 2.46. The quantitative estimate of drug-likeness (QED) is 0.842. The molecule has 0 unspecified atom stereocenters. The lowest BCUT2D eigenvalue weighted by Gasteiger charge is -2.22. The fourth-order valence-corrected chi connectivity index (χ4v) is 4.96. The number of sulfonamides is 1. The van der Waals surface area contributed by atoms with E-state index in [9.17, 15) is 8.42 Å². The van der Waals surface area contributed by atoms with Gasteiger partial charge in [0.15, 0.2) is 0 Å². The zero-order chi connectivity index (χ0) is 14.8. The molecule has 0 aliphatic carbocycles. The van der Waals surface area contributed by atoms with E-state index in [0.29, 0.717) is 13.1 Å². The molecule has 4 nitrogen and oxygen atoms in total. The second-order valence-electron chi connectivity index (χ2n) is 5.37. The molecule has 1 aliphatic rings. The van der Waals surface area contributed by atoms with E-state index in [1.165, 1.54) is 10.4 Å². The van der Waals surface area contributed by atoms with Gasteiger partial charge in [-0.15, -0.1) is 0 Å². The van der Waals surface area contributed by atoms with Gasteiger partial charge in [-0.1, -0.05) is 26.0 Å². The van der Waals surface area contributed by atoms with Gasteiger partial charge in [0.1, 0.15) is 6.07 Å². The smallest absolute Gasteiger partial charge is 0.207 e. The summed E-state index contributed by atoms with van der Waals surface area (Å²) in [5.74, 6) is 0.779. The molecular weight excluding hydrogens is 292 g/mol. The highest BCUT2D eigenvalue weighted by Crippen LogP contribution is 2.32. The molecular formula is C14H18N2O2S2. The minimum atomic E-state index is -3.58. The van der Waals surface area contributed by atoms with E-state index in [0.717, 1.165) is 12.2 Å². The first kappa shape index (κ1) is 15.4. The van der Waals surface area contributed by atoms with Crippen molar-refractivity contribution in [1.82, 2.24) is 4.31 Å². The van der Waals surface area contributed by atoms with Crippen LogP contribution in [0.5, 0.6) is 0 Å². The van der Waals surface area contributed by atoms with Crippen LogP contribution in [0.3, 0.4) is 0 Å². The summed E-state index contributed by atoms with van der Waals surface area (Å²) in [6.07, 6.45) is 0.811. The SMILES string of the molecule is CC1(C)CCN(S(=O)(=O)c2ccccc2C#N)CCS1. The number of nitrogens with zero attached hydrogens (tertiary/aromatic N) is 2. The average molecular weight is 310 g/mol. The van der Waals surface area contributed by atoms with Crippen LogP contribution in [0.4, 0.5) is 0 Å². The minimum absolute atomic E-state index is 0.0962. The summed E-state index contributed by atoms with van der Waals surface area (Å²) in [4.78, 5) is 0.118. The maximum absolute atomic E-state index is 12.7. The first-order valence-electron chi connectivity index (χ1n) is 6.50. The fraction of sp³-hybridized carbons (Fsp3) is 0.500. The number of thioether (sulfide) groups is 1. The third-order valence-corrected chi connectivity index (χ3v) is 6.75. The molecule has 0 saturated carbocycles. The van der Waals surface area contributed by atoms with Crippen molar-refractivity contribution < 1.29 is 8.42 Å². The fourth-order valence-electron chi connectivity index (χ4n) is 2.17. The molecule has 108 valence electrons. The molecule has 1 aliphatic heterocycles. The van der Waals surface area contributed by atoms with Crippen LogP contribution in [0.2, 0.25) is 0 Å². The molecule has 1 fully saturated rings. The van der Waals surface area contributed by atoms with Crippen molar-refractivity contribution >= 4 is 21.8 Å². The molecule has 0 radical (unpaired) electrons. The summed E-state index contributed by atoms with van der Waals surface area (Å²) in [6, 6.07) is 8.35. The summed E-state index contributed by atoms with van der Waals surface area (Å²) in [5.41, 5.74) is 0.212. The summed E-state index contributed by atoms with van der Waals surface area (Å²) < 4.78 is 27.0. The lowest BCUT2D eigenvalue weighted by atomic mass is 10.1. The monoisotopic (exact) mass is 310 g/mol. The molecule has 1 saturated heterocycles. The zero-order valence-electron chi connectivity index (χ0n) is 11.7. The summed E-state index contributed by atoms with van der Waals surface area (Å²) >= 11 is 1.80. The first-order valence-corrected chi connectivity index (χ1v) is 8.93. The maximum atomic E-state index is 12.7. The second-order valence-corrected chi connectivity index (χ2v) is 9.08. The van der Waals surface area contributed by atoms with Crippen LogP contribution < -0.4 is 0 Å². The van der Waals surface area contributed by atoms with E-state index in [1.807, 2.05) is 6.07 Å². The molecule has 1 aromatic rings. The molecule has 0 N–H and O–H groups in total. The van der Waals surface area contributed by atoms with Gasteiger partial charge in [0.05, 0.1) is 10.5 Å². The first-order chi connectivity index (χ1) is 9.37. The van der Waals surface area contributed by atoms with Gasteiger partial charge in [-0.25, -0.2) is 8.42 Å². The van der Waals surface area contributed by atoms with E-state index in [1.54, 1.807) is 30.0 Å². The lowest BCUT2D eigenvalue weighted by Crippen LogP contribution is -2.34. The predicted molar refractivity (Wildman–Crippen MR) is 81.1 cm³/mol. The number of hydrogen-bond acceptors (Lipinski definition) is 4. The molecule has 6 heteroatoms. The van der Waals surface area contributed by atoms with Crippen molar-refractivity contribution in [1.29, 1.82) is 5.26 Å². The van der Waals surface area contributed by atoms with E-state index >= 15 is 0 Å². The van der Waals surface area contributed by atoms with Crippen molar-refractivity contribution in [3.63, 3.8) is 0 Å². The Morgan fingerprint density at radius 3 is 2.70 bits per heavy atom. The number of rotatable bonds is 2. The van der Waals surface area contributed by atoms with Crippen LogP contribution in [0.15, 0.2) is 29.2 Å². The second kappa shape index (κ2) is 5.76. The van der Waals surface area contributed by atoms with E-state index in [4.69, 9.17) is 5.26 Å². The largest absolute Gasteiger partial charge is 0.244 e. The summed E-state index contributed by atoms with van der Waals surface area (Å²) in [7, 11) is -3.58. The molecule has 1 aromatic carbocycles. The molecule has 0 atom stereocenters. The van der Waals surface area contributed by atoms with Crippen LogP contribution >= 0.6 is 11.8 Å². The maximum Gasteiger partial charge on any atom is 0.244 e. The van der Waals surface area contributed by atoms with Gasteiger partial charge in [-0.2, -0.15) is 21.3 Å². The van der Waals surface area contributed by atoms with Crippen LogP contribution in [-0.2, 0) is 10.0 Å². The Hall–Kier alpha value is -1.03. The van der Waals surface area contributed by atoms with E-state index < -0.39 is 10.0 Å². The highest BCUT2D eigenvalue weighted by molar-refractivity contribution is 8.00. The van der Waals surface area contributed by atoms with Gasteiger partial charge in [-0.3, -0.25) is 0 Å². The third kappa shape index (κ3) is 3.17. The number of benzene rings is 1. The molecule has 0 amide bonds. The Morgan fingerprint density at radius 2 is 2.00 bits per heavy atom. The van der Waals surface area contributed by atoms with E-state index in [2.05, 4.69) is 13.8 Å². The Bertz CT molecular complexity index is 633. The standard InChI is InChI=1S/C14H18N2O2S2/c1-14(2)7-8-16(9-10-19-14)20(17,18)13-6-4-3-5-12(13)11-15/h3-6H,7-10H2,1-2H3. The molecule has 0 spiro atoms. The Labute approximate surface area is 124 Å². The Morgan fingerprint density at radius 1 is 1.30 bits per heavy atom. The third-order valence-electron chi connectivity index (χ3n) is 3.42. The number of nitriles is 1. The Balaban J connectivity index is 2.34.